The first-order chi connectivity index (χ1) is 5.54. The van der Waals surface area contributed by atoms with Gasteiger partial charge in [-0.15, -0.1) is 0 Å². The second-order valence-corrected chi connectivity index (χ2v) is 2.21. The fraction of sp³-hybridized carbons (Fsp3) is 0.167. The van der Waals surface area contributed by atoms with Crippen molar-refractivity contribution in [2.45, 2.75) is 0 Å². The minimum absolute atomic E-state index is 0.179. The summed E-state index contributed by atoms with van der Waals surface area (Å²) in [5.41, 5.74) is -0.712. The van der Waals surface area contributed by atoms with Crippen LogP contribution in [0.4, 0.5) is 12.9 Å². The van der Waals surface area contributed by atoms with Gasteiger partial charge in [0.25, 0.3) is 0 Å². The number of halogens is 3. The Bertz CT molecular complexity index is 258. The number of rotatable bonds is 2. The Balaban J connectivity index is 2.93. The monoisotopic (exact) mass is 176 g/mol. The molecule has 0 bridgehead atoms. The Kier molecular flexibility index (Phi) is 2.26. The highest BCUT2D eigenvalue weighted by atomic mass is 19.4. The van der Waals surface area contributed by atoms with Gasteiger partial charge in [0.05, 0.1) is 7.11 Å². The van der Waals surface area contributed by atoms with Crippen LogP contribution in [0.3, 0.4) is 0 Å². The van der Waals surface area contributed by atoms with Gasteiger partial charge in [0.1, 0.15) is 0 Å². The van der Waals surface area contributed by atoms with Gasteiger partial charge in [-0.05, 0) is 6.07 Å². The van der Waals surface area contributed by atoms with Crippen LogP contribution in [0.1, 0.15) is 0 Å². The van der Waals surface area contributed by atoms with Crippen molar-refractivity contribution < 1.29 is 17.7 Å². The minimum Gasteiger partial charge on any atom is -0.481 e. The summed E-state index contributed by atoms with van der Waals surface area (Å²) in [5, 5.41) is 0. The van der Waals surface area contributed by atoms with Crippen molar-refractivity contribution in [2.24, 2.45) is 0 Å². The molecule has 0 atom stereocenters. The number of ether oxygens (including phenoxy) is 1. The number of aromatic nitrogens is 1. The largest absolute Gasteiger partial charge is 0.511 e. The molecule has 0 saturated heterocycles. The Morgan fingerprint density at radius 1 is 1.33 bits per heavy atom. The average molecular weight is 176 g/mol. The molecule has 0 aliphatic heterocycles. The van der Waals surface area contributed by atoms with E-state index in [9.17, 15) is 12.9 Å². The number of pyridine rings is 1. The van der Waals surface area contributed by atoms with Crippen LogP contribution in [0.5, 0.6) is 5.88 Å². The molecule has 2 nitrogen and oxygen atoms in total. The lowest BCUT2D eigenvalue weighted by atomic mass is 9.82. The lowest BCUT2D eigenvalue weighted by Gasteiger charge is -2.13. The van der Waals surface area contributed by atoms with E-state index in [0.29, 0.717) is 0 Å². The third kappa shape index (κ3) is 1.90. The molecule has 6 heteroatoms. The summed E-state index contributed by atoms with van der Waals surface area (Å²) in [7, 11) is 1.35. The molecule has 1 aromatic heterocycles. The van der Waals surface area contributed by atoms with E-state index in [1.54, 1.807) is 0 Å². The topological polar surface area (TPSA) is 22.1 Å². The summed E-state index contributed by atoms with van der Waals surface area (Å²) < 4.78 is 40.6. The summed E-state index contributed by atoms with van der Waals surface area (Å²) in [6, 6.07) is 2.14. The summed E-state index contributed by atoms with van der Waals surface area (Å²) in [6.07, 6.45) is 0.763. The van der Waals surface area contributed by atoms with Crippen LogP contribution in [0.2, 0.25) is 0 Å². The van der Waals surface area contributed by atoms with Crippen molar-refractivity contribution in [3.63, 3.8) is 0 Å². The van der Waals surface area contributed by atoms with Crippen LogP contribution in [0.25, 0.3) is 0 Å². The first-order valence-corrected chi connectivity index (χ1v) is 3.24. The number of methoxy groups -OCH3 is 1. The van der Waals surface area contributed by atoms with Gasteiger partial charge in [0.15, 0.2) is 0 Å². The van der Waals surface area contributed by atoms with E-state index < -0.39 is 12.4 Å². The molecular weight excluding hydrogens is 170 g/mol. The van der Waals surface area contributed by atoms with Gasteiger partial charge in [-0.25, -0.2) is 4.98 Å². The van der Waals surface area contributed by atoms with Crippen molar-refractivity contribution in [3.05, 3.63) is 18.3 Å². The first-order valence-electron chi connectivity index (χ1n) is 3.24. The molecule has 0 unspecified atom stereocenters. The molecule has 1 rings (SSSR count). The number of nitrogens with zero attached hydrogens (tertiary/aromatic N) is 1. The number of hydrogen-bond donors (Lipinski definition) is 0. The van der Waals surface area contributed by atoms with Crippen molar-refractivity contribution >= 4 is 12.4 Å². The standard InChI is InChI=1S/C6H6BF3NO/c1-12-6-3-2-5(4-11-6)7(8,9)10/h2-4H,1H3/q-1. The second kappa shape index (κ2) is 3.04. The molecule has 0 saturated carbocycles. The van der Waals surface area contributed by atoms with Crippen molar-refractivity contribution in [1.29, 1.82) is 0 Å². The smallest absolute Gasteiger partial charge is 0.481 e. The fourth-order valence-electron chi connectivity index (χ4n) is 0.706. The Morgan fingerprint density at radius 3 is 2.33 bits per heavy atom. The third-order valence-corrected chi connectivity index (χ3v) is 1.35. The van der Waals surface area contributed by atoms with Gasteiger partial charge in [-0.2, -0.15) is 0 Å². The van der Waals surface area contributed by atoms with Gasteiger partial charge in [-0.3, -0.25) is 0 Å². The third-order valence-electron chi connectivity index (χ3n) is 1.35. The normalized spacial score (nSPS) is 11.3. The Hall–Kier alpha value is -1.20. The second-order valence-electron chi connectivity index (χ2n) is 2.21. The summed E-state index contributed by atoms with van der Waals surface area (Å²) in [6.45, 7) is -4.94. The molecule has 1 heterocycles. The van der Waals surface area contributed by atoms with E-state index in [-0.39, 0.29) is 5.88 Å². The van der Waals surface area contributed by atoms with Crippen molar-refractivity contribution in [2.75, 3.05) is 7.11 Å². The molecule has 0 spiro atoms. The molecule has 0 aliphatic rings. The molecular formula is C6H6BF3NO-. The average Bonchev–Trinajstić information content (AvgIpc) is 2.03. The van der Waals surface area contributed by atoms with Crippen LogP contribution in [-0.4, -0.2) is 19.1 Å². The zero-order chi connectivity index (χ0) is 9.19. The lowest BCUT2D eigenvalue weighted by Crippen LogP contribution is -2.34. The van der Waals surface area contributed by atoms with Crippen molar-refractivity contribution in [1.82, 2.24) is 4.98 Å². The molecule has 66 valence electrons. The zero-order valence-corrected chi connectivity index (χ0v) is 6.30. The van der Waals surface area contributed by atoms with Crippen LogP contribution >= 0.6 is 0 Å². The van der Waals surface area contributed by atoms with E-state index in [4.69, 9.17) is 0 Å². The predicted octanol–water partition coefficient (Wildman–Crippen LogP) is 1.14. The highest BCUT2D eigenvalue weighted by Crippen LogP contribution is 2.09. The highest BCUT2D eigenvalue weighted by Gasteiger charge is 2.25. The highest BCUT2D eigenvalue weighted by molar-refractivity contribution is 6.73. The molecule has 0 amide bonds. The van der Waals surface area contributed by atoms with E-state index in [1.165, 1.54) is 13.2 Å². The SMILES string of the molecule is COc1ccc([B-](F)(F)F)cn1. The van der Waals surface area contributed by atoms with E-state index in [0.717, 1.165) is 12.3 Å². The van der Waals surface area contributed by atoms with Crippen molar-refractivity contribution in [3.8, 4) is 5.88 Å². The Morgan fingerprint density at radius 2 is 2.00 bits per heavy atom. The zero-order valence-electron chi connectivity index (χ0n) is 6.30. The Labute approximate surface area is 67.4 Å². The molecule has 12 heavy (non-hydrogen) atoms. The van der Waals surface area contributed by atoms with Crippen LogP contribution < -0.4 is 10.2 Å². The summed E-state index contributed by atoms with van der Waals surface area (Å²) in [5.74, 6) is 0.179. The van der Waals surface area contributed by atoms with Crippen LogP contribution in [-0.2, 0) is 0 Å². The summed E-state index contributed by atoms with van der Waals surface area (Å²) in [4.78, 5) is 3.44. The molecule has 0 fully saturated rings. The maximum absolute atomic E-state index is 12.0. The maximum atomic E-state index is 12.0. The van der Waals surface area contributed by atoms with E-state index in [2.05, 4.69) is 9.72 Å². The van der Waals surface area contributed by atoms with Gasteiger partial charge >= 0.3 is 6.98 Å². The lowest BCUT2D eigenvalue weighted by molar-refractivity contribution is 0.398. The van der Waals surface area contributed by atoms with Gasteiger partial charge in [-0.1, -0.05) is 11.5 Å². The molecule has 0 aliphatic carbocycles. The molecule has 0 N–H and O–H groups in total. The fourth-order valence-corrected chi connectivity index (χ4v) is 0.706. The van der Waals surface area contributed by atoms with E-state index >= 15 is 0 Å². The minimum atomic E-state index is -4.94. The molecule has 1 aromatic rings. The predicted molar refractivity (Wildman–Crippen MR) is 39.5 cm³/mol. The van der Waals surface area contributed by atoms with Gasteiger partial charge in [0.2, 0.25) is 5.88 Å². The van der Waals surface area contributed by atoms with Crippen LogP contribution in [0.15, 0.2) is 18.3 Å². The van der Waals surface area contributed by atoms with Crippen LogP contribution in [0, 0.1) is 0 Å². The van der Waals surface area contributed by atoms with Gasteiger partial charge in [0, 0.05) is 6.20 Å². The van der Waals surface area contributed by atoms with Gasteiger partial charge < -0.3 is 17.7 Å². The quantitative estimate of drug-likeness (QED) is 0.630. The summed E-state index contributed by atoms with van der Waals surface area (Å²) >= 11 is 0. The maximum Gasteiger partial charge on any atom is 0.511 e. The number of hydrogen-bond acceptors (Lipinski definition) is 2. The first kappa shape index (κ1) is 8.90. The van der Waals surface area contributed by atoms with E-state index in [1.807, 2.05) is 0 Å². The molecule has 0 aromatic carbocycles. The molecule has 0 radical (unpaired) electrons.